The molecule has 1 unspecified atom stereocenters. The molecule has 1 N–H and O–H groups in total. The Hall–Kier alpha value is -1.92. The minimum atomic E-state index is -1.17. The molecule has 0 aliphatic heterocycles. The first kappa shape index (κ1) is 26.2. The normalized spacial score (nSPS) is 41.2. The molecule has 7 nitrogen and oxygen atoms in total. The van der Waals surface area contributed by atoms with Gasteiger partial charge in [0.15, 0.2) is 0 Å². The van der Waals surface area contributed by atoms with E-state index in [1.54, 1.807) is 0 Å². The molecule has 0 spiro atoms. The van der Waals surface area contributed by atoms with Gasteiger partial charge in [0.1, 0.15) is 18.3 Å². The fourth-order valence-corrected chi connectivity index (χ4v) is 9.07. The third-order valence-corrected chi connectivity index (χ3v) is 10.8. The summed E-state index contributed by atoms with van der Waals surface area (Å²) in [6.07, 6.45) is 7.35. The Morgan fingerprint density at radius 3 is 2.46 bits per heavy atom. The van der Waals surface area contributed by atoms with Crippen LogP contribution in [0.3, 0.4) is 0 Å². The van der Waals surface area contributed by atoms with E-state index in [4.69, 9.17) is 14.6 Å². The SMILES string of the molecule is COC(=O)CC[C@@H](C)[C@H]1CC[C@H]2[C@@H]3[C@H](OC(=O)CC(=O)O)CC4CC(=O)CC[C@]4(C)[C@H]3CC[C@]12C. The molecule has 9 atom stereocenters. The Balaban J connectivity index is 1.60. The second-order valence-corrected chi connectivity index (χ2v) is 12.4. The number of carbonyl (C=O) groups excluding carboxylic acids is 3. The van der Waals surface area contributed by atoms with Crippen molar-refractivity contribution in [3.63, 3.8) is 0 Å². The number of fused-ring (bicyclic) bond motifs is 5. The zero-order valence-electron chi connectivity index (χ0n) is 21.7. The van der Waals surface area contributed by atoms with E-state index in [9.17, 15) is 19.2 Å². The molecule has 0 bridgehead atoms. The number of ether oxygens (including phenoxy) is 2. The zero-order valence-corrected chi connectivity index (χ0v) is 21.7. The van der Waals surface area contributed by atoms with Crippen molar-refractivity contribution in [2.75, 3.05) is 7.11 Å². The van der Waals surface area contributed by atoms with Crippen LogP contribution in [0.15, 0.2) is 0 Å². The lowest BCUT2D eigenvalue weighted by molar-refractivity contribution is -0.191. The first-order valence-corrected chi connectivity index (χ1v) is 13.5. The molecule has 7 heteroatoms. The van der Waals surface area contributed by atoms with Crippen molar-refractivity contribution in [1.29, 1.82) is 0 Å². The first-order chi connectivity index (χ1) is 16.5. The van der Waals surface area contributed by atoms with Gasteiger partial charge in [0, 0.05) is 25.2 Å². The van der Waals surface area contributed by atoms with E-state index >= 15 is 0 Å². The molecule has 4 aliphatic carbocycles. The van der Waals surface area contributed by atoms with Crippen LogP contribution >= 0.6 is 0 Å². The average Bonchev–Trinajstić information content (AvgIpc) is 3.14. The Morgan fingerprint density at radius 2 is 1.77 bits per heavy atom. The van der Waals surface area contributed by atoms with Crippen LogP contribution in [0.25, 0.3) is 0 Å². The van der Waals surface area contributed by atoms with Crippen molar-refractivity contribution in [1.82, 2.24) is 0 Å². The van der Waals surface area contributed by atoms with Gasteiger partial charge in [0.25, 0.3) is 0 Å². The predicted octanol–water partition coefficient (Wildman–Crippen LogP) is 4.80. The van der Waals surface area contributed by atoms with Gasteiger partial charge in [-0.25, -0.2) is 0 Å². The van der Waals surface area contributed by atoms with Crippen molar-refractivity contribution in [2.45, 2.75) is 97.5 Å². The van der Waals surface area contributed by atoms with E-state index in [0.29, 0.717) is 55.1 Å². The fourth-order valence-electron chi connectivity index (χ4n) is 9.07. The number of hydrogen-bond donors (Lipinski definition) is 1. The number of aliphatic carboxylic acids is 1. The Bertz CT molecular complexity index is 867. The number of carboxylic acid groups (broad SMARTS) is 1. The molecular weight excluding hydrogens is 448 g/mol. The lowest BCUT2D eigenvalue weighted by Gasteiger charge is -2.62. The molecule has 0 heterocycles. The summed E-state index contributed by atoms with van der Waals surface area (Å²) in [5.74, 6) is 0.330. The van der Waals surface area contributed by atoms with Gasteiger partial charge in [-0.2, -0.15) is 0 Å². The van der Waals surface area contributed by atoms with Crippen LogP contribution in [0.4, 0.5) is 0 Å². The standard InChI is InChI=1S/C28H42O7/c1-16(5-8-24(32)34-4)19-6-7-20-26-21(10-12-28(19,20)3)27(2)11-9-18(29)13-17(27)14-22(26)35-25(33)15-23(30)31/h16-17,19-22,26H,5-15H2,1-4H3,(H,30,31)/t16-,17?,19-,20+,21+,22-,26+,27+,28-/m1/s1. The quantitative estimate of drug-likeness (QED) is 0.403. The molecule has 4 saturated carbocycles. The van der Waals surface area contributed by atoms with Crippen molar-refractivity contribution in [3.8, 4) is 0 Å². The minimum absolute atomic E-state index is 0.0597. The topological polar surface area (TPSA) is 107 Å². The van der Waals surface area contributed by atoms with Crippen LogP contribution in [0, 0.1) is 46.3 Å². The number of carbonyl (C=O) groups is 4. The van der Waals surface area contributed by atoms with E-state index in [2.05, 4.69) is 20.8 Å². The van der Waals surface area contributed by atoms with Gasteiger partial charge in [-0.1, -0.05) is 20.8 Å². The minimum Gasteiger partial charge on any atom is -0.481 e. The summed E-state index contributed by atoms with van der Waals surface area (Å²) in [6, 6.07) is 0. The summed E-state index contributed by atoms with van der Waals surface area (Å²) < 4.78 is 10.8. The van der Waals surface area contributed by atoms with E-state index in [1.165, 1.54) is 7.11 Å². The predicted molar refractivity (Wildman–Crippen MR) is 128 cm³/mol. The summed E-state index contributed by atoms with van der Waals surface area (Å²) in [6.45, 7) is 7.00. The number of methoxy groups -OCH3 is 1. The van der Waals surface area contributed by atoms with Gasteiger partial charge in [-0.3, -0.25) is 19.2 Å². The molecule has 0 aromatic heterocycles. The lowest BCUT2D eigenvalue weighted by Crippen LogP contribution is -2.59. The third kappa shape index (κ3) is 4.76. The molecule has 0 aromatic carbocycles. The van der Waals surface area contributed by atoms with Crippen LogP contribution in [-0.4, -0.2) is 42.0 Å². The summed E-state index contributed by atoms with van der Waals surface area (Å²) in [4.78, 5) is 47.8. The van der Waals surface area contributed by atoms with E-state index in [0.717, 1.165) is 38.5 Å². The maximum atomic E-state index is 12.5. The highest BCUT2D eigenvalue weighted by molar-refractivity contribution is 5.90. The van der Waals surface area contributed by atoms with Crippen LogP contribution in [0.2, 0.25) is 0 Å². The second kappa shape index (κ2) is 9.85. The zero-order chi connectivity index (χ0) is 25.5. The molecule has 0 amide bonds. The highest BCUT2D eigenvalue weighted by Crippen LogP contribution is 2.68. The molecule has 4 aliphatic rings. The van der Waals surface area contributed by atoms with Crippen LogP contribution < -0.4 is 0 Å². The lowest BCUT2D eigenvalue weighted by atomic mass is 9.43. The smallest absolute Gasteiger partial charge is 0.317 e. The molecule has 35 heavy (non-hydrogen) atoms. The number of carboxylic acids is 1. The summed E-state index contributed by atoms with van der Waals surface area (Å²) in [7, 11) is 1.43. The number of Topliss-reactive ketones (excluding diaryl/α,β-unsaturated/α-hetero) is 1. The Kier molecular flexibility index (Phi) is 7.36. The maximum absolute atomic E-state index is 12.5. The maximum Gasteiger partial charge on any atom is 0.317 e. The van der Waals surface area contributed by atoms with Crippen molar-refractivity contribution in [3.05, 3.63) is 0 Å². The molecule has 4 rings (SSSR count). The first-order valence-electron chi connectivity index (χ1n) is 13.5. The van der Waals surface area contributed by atoms with Gasteiger partial charge in [0.2, 0.25) is 0 Å². The second-order valence-electron chi connectivity index (χ2n) is 12.4. The molecule has 4 fully saturated rings. The van der Waals surface area contributed by atoms with Crippen LogP contribution in [0.5, 0.6) is 0 Å². The third-order valence-electron chi connectivity index (χ3n) is 10.8. The van der Waals surface area contributed by atoms with Crippen molar-refractivity contribution < 1.29 is 33.8 Å². The molecule has 0 radical (unpaired) electrons. The molecule has 0 saturated heterocycles. The van der Waals surface area contributed by atoms with E-state index in [-0.39, 0.29) is 34.7 Å². The molecular formula is C28H42O7. The Morgan fingerprint density at radius 1 is 1.06 bits per heavy atom. The van der Waals surface area contributed by atoms with Gasteiger partial charge >= 0.3 is 17.9 Å². The van der Waals surface area contributed by atoms with Gasteiger partial charge < -0.3 is 14.6 Å². The highest BCUT2D eigenvalue weighted by Gasteiger charge is 2.63. The van der Waals surface area contributed by atoms with E-state index < -0.39 is 18.4 Å². The summed E-state index contributed by atoms with van der Waals surface area (Å²) in [5, 5.41) is 9.13. The average molecular weight is 491 g/mol. The fraction of sp³-hybridized carbons (Fsp3) is 0.857. The number of esters is 2. The van der Waals surface area contributed by atoms with E-state index in [1.807, 2.05) is 0 Å². The molecule has 196 valence electrons. The Labute approximate surface area is 208 Å². The van der Waals surface area contributed by atoms with Gasteiger partial charge in [-0.15, -0.1) is 0 Å². The van der Waals surface area contributed by atoms with Crippen molar-refractivity contribution >= 4 is 23.7 Å². The largest absolute Gasteiger partial charge is 0.481 e. The van der Waals surface area contributed by atoms with Gasteiger partial charge in [0.05, 0.1) is 7.11 Å². The summed E-state index contributed by atoms with van der Waals surface area (Å²) in [5.41, 5.74) is 0.159. The van der Waals surface area contributed by atoms with Gasteiger partial charge in [-0.05, 0) is 85.4 Å². The number of ketones is 1. The monoisotopic (exact) mass is 490 g/mol. The highest BCUT2D eigenvalue weighted by atomic mass is 16.5. The molecule has 0 aromatic rings. The van der Waals surface area contributed by atoms with Crippen LogP contribution in [-0.2, 0) is 28.7 Å². The van der Waals surface area contributed by atoms with Crippen molar-refractivity contribution in [2.24, 2.45) is 46.3 Å². The summed E-state index contributed by atoms with van der Waals surface area (Å²) >= 11 is 0. The van der Waals surface area contributed by atoms with Crippen LogP contribution in [0.1, 0.15) is 91.4 Å². The number of hydrogen-bond acceptors (Lipinski definition) is 6. The number of rotatable bonds is 7.